The zero-order valence-electron chi connectivity index (χ0n) is 18.1. The molecule has 9 nitrogen and oxygen atoms in total. The van der Waals surface area contributed by atoms with Gasteiger partial charge >= 0.3 is 0 Å². The Morgan fingerprint density at radius 3 is 2.97 bits per heavy atom. The van der Waals surface area contributed by atoms with Crippen LogP contribution in [0.25, 0.3) is 17.1 Å². The van der Waals surface area contributed by atoms with Gasteiger partial charge in [0, 0.05) is 13.1 Å². The number of carbonyl (C=O) groups excluding carboxylic acids is 3. The fourth-order valence-electron chi connectivity index (χ4n) is 3.51. The lowest BCUT2D eigenvalue weighted by atomic mass is 10.2. The number of carbonyl (C=O) groups is 3. The van der Waals surface area contributed by atoms with Crippen LogP contribution in [-0.4, -0.2) is 57.6 Å². The highest BCUT2D eigenvalue weighted by Crippen LogP contribution is 2.36. The number of aromatic nitrogens is 2. The van der Waals surface area contributed by atoms with E-state index in [9.17, 15) is 14.4 Å². The highest BCUT2D eigenvalue weighted by molar-refractivity contribution is 8.18. The van der Waals surface area contributed by atoms with E-state index >= 15 is 0 Å². The second-order valence-electron chi connectivity index (χ2n) is 7.65. The molecule has 2 N–H and O–H groups in total. The quantitative estimate of drug-likeness (QED) is 0.377. The molecule has 0 bridgehead atoms. The molecule has 0 spiro atoms. The molecule has 34 heavy (non-hydrogen) atoms. The van der Waals surface area contributed by atoms with Crippen LogP contribution < -0.4 is 14.8 Å². The Kier molecular flexibility index (Phi) is 6.20. The summed E-state index contributed by atoms with van der Waals surface area (Å²) in [6, 6.07) is 11.2. The average molecular weight is 497 g/mol. The van der Waals surface area contributed by atoms with E-state index in [0.717, 1.165) is 38.8 Å². The Morgan fingerprint density at radius 2 is 2.09 bits per heavy atom. The van der Waals surface area contributed by atoms with Gasteiger partial charge in [0.1, 0.15) is 0 Å². The Morgan fingerprint density at radius 1 is 1.24 bits per heavy atom. The Hall–Kier alpha value is -3.44. The minimum atomic E-state index is -0.381. The van der Waals surface area contributed by atoms with Crippen molar-refractivity contribution in [2.24, 2.45) is 0 Å². The van der Waals surface area contributed by atoms with E-state index in [1.165, 1.54) is 11.8 Å². The molecule has 2 aromatic carbocycles. The number of imidazole rings is 1. The van der Waals surface area contributed by atoms with Gasteiger partial charge < -0.3 is 19.8 Å². The van der Waals surface area contributed by atoms with Crippen LogP contribution >= 0.6 is 23.5 Å². The molecule has 11 heteroatoms. The number of hydrogen-bond acceptors (Lipinski definition) is 8. The normalized spacial score (nSPS) is 16.1. The molecule has 2 aliphatic heterocycles. The summed E-state index contributed by atoms with van der Waals surface area (Å²) in [7, 11) is 0. The van der Waals surface area contributed by atoms with Crippen LogP contribution in [-0.2, 0) is 9.59 Å². The van der Waals surface area contributed by atoms with Crippen LogP contribution in [0.5, 0.6) is 11.5 Å². The molecule has 3 heterocycles. The molecular weight excluding hydrogens is 476 g/mol. The molecule has 0 saturated carbocycles. The Bertz CT molecular complexity index is 1340. The number of aryl methyl sites for hydroxylation is 1. The van der Waals surface area contributed by atoms with Gasteiger partial charge in [-0.3, -0.25) is 19.3 Å². The smallest absolute Gasteiger partial charge is 0.293 e. The maximum Gasteiger partial charge on any atom is 0.293 e. The number of amides is 3. The molecule has 0 unspecified atom stereocenters. The predicted molar refractivity (Wildman–Crippen MR) is 130 cm³/mol. The van der Waals surface area contributed by atoms with E-state index in [1.54, 1.807) is 24.3 Å². The van der Waals surface area contributed by atoms with E-state index in [0.29, 0.717) is 21.6 Å². The lowest BCUT2D eigenvalue weighted by Gasteiger charge is -2.12. The fraction of sp³-hybridized carbons (Fsp3) is 0.217. The lowest BCUT2D eigenvalue weighted by molar-refractivity contribution is -0.123. The number of imide groups is 1. The third kappa shape index (κ3) is 4.75. The summed E-state index contributed by atoms with van der Waals surface area (Å²) >= 11 is 2.17. The van der Waals surface area contributed by atoms with Crippen molar-refractivity contribution < 1.29 is 23.9 Å². The highest BCUT2D eigenvalue weighted by Gasteiger charge is 2.34. The second-order valence-corrected chi connectivity index (χ2v) is 9.60. The summed E-state index contributed by atoms with van der Waals surface area (Å²) in [4.78, 5) is 46.3. The number of nitrogens with one attached hydrogen (secondary N) is 2. The maximum atomic E-state index is 12.7. The Balaban J connectivity index is 1.11. The van der Waals surface area contributed by atoms with E-state index < -0.39 is 0 Å². The molecule has 3 aromatic rings. The molecular formula is C23H20N4O5S2. The van der Waals surface area contributed by atoms with Crippen molar-refractivity contribution in [1.82, 2.24) is 20.2 Å². The number of H-pyrrole nitrogens is 1. The van der Waals surface area contributed by atoms with Crippen LogP contribution in [0, 0.1) is 6.92 Å². The van der Waals surface area contributed by atoms with Gasteiger partial charge in [0.2, 0.25) is 12.7 Å². The van der Waals surface area contributed by atoms with Crippen molar-refractivity contribution in [2.45, 2.75) is 12.1 Å². The molecule has 0 radical (unpaired) electrons. The fourth-order valence-corrected chi connectivity index (χ4v) is 5.09. The molecule has 3 amide bonds. The number of aromatic amines is 1. The SMILES string of the molecule is Cc1ccc2nc(SCC(=O)NCCN3C(=O)S/C(=C/c4ccc5c(c4)OCO5)C3=O)[nH]c2c1. The first-order valence-corrected chi connectivity index (χ1v) is 12.3. The first-order chi connectivity index (χ1) is 16.5. The van der Waals surface area contributed by atoms with E-state index in [2.05, 4.69) is 15.3 Å². The molecule has 0 atom stereocenters. The summed E-state index contributed by atoms with van der Waals surface area (Å²) < 4.78 is 10.6. The lowest BCUT2D eigenvalue weighted by Crippen LogP contribution is -2.37. The van der Waals surface area contributed by atoms with Crippen molar-refractivity contribution >= 4 is 57.7 Å². The van der Waals surface area contributed by atoms with Gasteiger partial charge in [-0.1, -0.05) is 23.9 Å². The van der Waals surface area contributed by atoms with Crippen molar-refractivity contribution in [1.29, 1.82) is 0 Å². The molecule has 1 saturated heterocycles. The van der Waals surface area contributed by atoms with Crippen molar-refractivity contribution in [2.75, 3.05) is 25.6 Å². The van der Waals surface area contributed by atoms with Crippen LogP contribution in [0.3, 0.4) is 0 Å². The number of benzene rings is 2. The molecule has 1 fully saturated rings. The topological polar surface area (TPSA) is 114 Å². The van der Waals surface area contributed by atoms with E-state index in [1.807, 2.05) is 25.1 Å². The maximum absolute atomic E-state index is 12.7. The van der Waals surface area contributed by atoms with Gasteiger partial charge in [-0.25, -0.2) is 4.98 Å². The summed E-state index contributed by atoms with van der Waals surface area (Å²) in [5.74, 6) is 0.837. The summed E-state index contributed by atoms with van der Waals surface area (Å²) in [5.41, 5.74) is 3.64. The summed E-state index contributed by atoms with van der Waals surface area (Å²) in [6.45, 7) is 2.44. The first-order valence-electron chi connectivity index (χ1n) is 10.5. The Labute approximate surface area is 203 Å². The van der Waals surface area contributed by atoms with Crippen molar-refractivity contribution in [3.8, 4) is 11.5 Å². The number of fused-ring (bicyclic) bond motifs is 2. The summed E-state index contributed by atoms with van der Waals surface area (Å²) in [5, 5.41) is 3.05. The van der Waals surface area contributed by atoms with Gasteiger partial charge in [0.25, 0.3) is 11.1 Å². The van der Waals surface area contributed by atoms with Gasteiger partial charge in [-0.15, -0.1) is 0 Å². The van der Waals surface area contributed by atoms with E-state index in [-0.39, 0.29) is 42.7 Å². The second kappa shape index (κ2) is 9.43. The highest BCUT2D eigenvalue weighted by atomic mass is 32.2. The molecule has 1 aromatic heterocycles. The number of ether oxygens (including phenoxy) is 2. The van der Waals surface area contributed by atoms with Crippen LogP contribution in [0.2, 0.25) is 0 Å². The van der Waals surface area contributed by atoms with Gasteiger partial charge in [-0.2, -0.15) is 0 Å². The molecule has 5 rings (SSSR count). The third-order valence-corrected chi connectivity index (χ3v) is 6.96. The third-order valence-electron chi connectivity index (χ3n) is 5.18. The molecule has 174 valence electrons. The van der Waals surface area contributed by atoms with Crippen molar-refractivity contribution in [3.63, 3.8) is 0 Å². The summed E-state index contributed by atoms with van der Waals surface area (Å²) in [6.07, 6.45) is 1.65. The molecule has 2 aliphatic rings. The van der Waals surface area contributed by atoms with Gasteiger partial charge in [0.05, 0.1) is 21.7 Å². The van der Waals surface area contributed by atoms with Gasteiger partial charge in [0.15, 0.2) is 16.7 Å². The zero-order valence-corrected chi connectivity index (χ0v) is 19.8. The van der Waals surface area contributed by atoms with Gasteiger partial charge in [-0.05, 0) is 60.2 Å². The van der Waals surface area contributed by atoms with Crippen LogP contribution in [0.1, 0.15) is 11.1 Å². The monoisotopic (exact) mass is 496 g/mol. The first kappa shape index (κ1) is 22.4. The number of thioether (sulfide) groups is 2. The number of nitrogens with zero attached hydrogens (tertiary/aromatic N) is 2. The largest absolute Gasteiger partial charge is 0.454 e. The van der Waals surface area contributed by atoms with Crippen LogP contribution in [0.15, 0.2) is 46.5 Å². The predicted octanol–water partition coefficient (Wildman–Crippen LogP) is 3.54. The standard InChI is InChI=1S/C23H20N4O5S2/c1-13-2-4-15-16(8-13)26-22(25-15)33-11-20(28)24-6-7-27-21(29)19(34-23(27)30)10-14-3-5-17-18(9-14)32-12-31-17/h2-5,8-10H,6-7,11-12H2,1H3,(H,24,28)(H,25,26)/b19-10+. The number of hydrogen-bond donors (Lipinski definition) is 2. The minimum absolute atomic E-state index is 0.101. The molecule has 0 aliphatic carbocycles. The number of rotatable bonds is 7. The van der Waals surface area contributed by atoms with Crippen molar-refractivity contribution in [3.05, 3.63) is 52.4 Å². The average Bonchev–Trinajstić information content (AvgIpc) is 3.51. The van der Waals surface area contributed by atoms with Crippen LogP contribution in [0.4, 0.5) is 4.79 Å². The zero-order chi connectivity index (χ0) is 23.7. The van der Waals surface area contributed by atoms with E-state index in [4.69, 9.17) is 9.47 Å². The minimum Gasteiger partial charge on any atom is -0.454 e.